The minimum absolute atomic E-state index is 0.109. The van der Waals surface area contributed by atoms with Crippen molar-refractivity contribution in [1.82, 2.24) is 0 Å². The Morgan fingerprint density at radius 2 is 1.67 bits per heavy atom. The second kappa shape index (κ2) is 6.02. The van der Waals surface area contributed by atoms with Gasteiger partial charge in [-0.25, -0.2) is 4.57 Å². The van der Waals surface area contributed by atoms with Gasteiger partial charge < -0.3 is 4.89 Å². The monoisotopic (exact) mass is 348 g/mol. The first-order valence-corrected chi connectivity index (χ1v) is 7.26. The Bertz CT molecular complexity index is 411. The summed E-state index contributed by atoms with van der Waals surface area (Å²) < 4.78 is 108. The zero-order chi connectivity index (χ0) is 16.5. The Balaban J connectivity index is 2.88. The van der Waals surface area contributed by atoms with Crippen molar-refractivity contribution in [3.05, 3.63) is 0 Å². The van der Waals surface area contributed by atoms with Crippen molar-refractivity contribution >= 4 is 7.82 Å². The Morgan fingerprint density at radius 3 is 2.19 bits per heavy atom. The molecule has 1 saturated heterocycles. The van der Waals surface area contributed by atoms with Crippen molar-refractivity contribution in [2.75, 3.05) is 6.61 Å². The molecule has 1 heterocycles. The molecule has 0 bridgehead atoms. The van der Waals surface area contributed by atoms with Crippen LogP contribution in [0.3, 0.4) is 0 Å². The number of phosphoric ester groups is 1. The van der Waals surface area contributed by atoms with E-state index in [2.05, 4.69) is 9.05 Å². The highest BCUT2D eigenvalue weighted by Gasteiger charge is 2.73. The maximum absolute atomic E-state index is 13.2. The van der Waals surface area contributed by atoms with E-state index >= 15 is 0 Å². The fourth-order valence-electron chi connectivity index (χ4n) is 1.69. The molecule has 0 aliphatic carbocycles. The van der Waals surface area contributed by atoms with Crippen LogP contribution in [0.25, 0.3) is 0 Å². The largest absolute Gasteiger partial charge is 0.472 e. The number of halogens is 7. The molecule has 2 atom stereocenters. The normalized spacial score (nSPS) is 29.8. The molecule has 0 aromatic heterocycles. The van der Waals surface area contributed by atoms with E-state index in [0.29, 0.717) is 0 Å². The molecule has 1 aliphatic rings. The molecule has 126 valence electrons. The highest BCUT2D eigenvalue weighted by molar-refractivity contribution is 7.47. The molecular formula is C9H12F7O4P. The lowest BCUT2D eigenvalue weighted by molar-refractivity contribution is -0.358. The van der Waals surface area contributed by atoms with Crippen LogP contribution in [-0.4, -0.2) is 35.6 Å². The third kappa shape index (κ3) is 4.54. The lowest BCUT2D eigenvalue weighted by atomic mass is 10.0. The summed E-state index contributed by atoms with van der Waals surface area (Å²) in [5.41, 5.74) is 0. The Labute approximate surface area is 114 Å². The lowest BCUT2D eigenvalue weighted by Gasteiger charge is -2.31. The molecule has 1 rings (SSSR count). The third-order valence-corrected chi connectivity index (χ3v) is 3.83. The van der Waals surface area contributed by atoms with Crippen LogP contribution in [0.15, 0.2) is 0 Å². The topological polar surface area (TPSA) is 55.8 Å². The summed E-state index contributed by atoms with van der Waals surface area (Å²) in [5, 5.41) is 0. The van der Waals surface area contributed by atoms with E-state index < -0.39 is 38.4 Å². The summed E-state index contributed by atoms with van der Waals surface area (Å²) in [4.78, 5) is 9.07. The van der Waals surface area contributed by atoms with Crippen LogP contribution in [0, 0.1) is 0 Å². The van der Waals surface area contributed by atoms with Crippen LogP contribution < -0.4 is 0 Å². The van der Waals surface area contributed by atoms with Crippen molar-refractivity contribution in [3.63, 3.8) is 0 Å². The van der Waals surface area contributed by atoms with Crippen LogP contribution in [0.2, 0.25) is 0 Å². The minimum atomic E-state index is -6.45. The van der Waals surface area contributed by atoms with Gasteiger partial charge in [0.2, 0.25) is 0 Å². The number of phosphoric acid groups is 1. The van der Waals surface area contributed by atoms with Gasteiger partial charge in [0.05, 0.1) is 12.7 Å². The molecular weight excluding hydrogens is 336 g/mol. The molecule has 1 fully saturated rings. The number of rotatable bonds is 3. The average Bonchev–Trinajstić information content (AvgIpc) is 2.23. The van der Waals surface area contributed by atoms with Crippen molar-refractivity contribution in [1.29, 1.82) is 0 Å². The van der Waals surface area contributed by atoms with Crippen molar-refractivity contribution < 1.29 is 49.2 Å². The first-order chi connectivity index (χ1) is 9.29. The van der Waals surface area contributed by atoms with E-state index in [-0.39, 0.29) is 25.9 Å². The van der Waals surface area contributed by atoms with Gasteiger partial charge in [0.15, 0.2) is 0 Å². The molecule has 4 nitrogen and oxygen atoms in total. The molecule has 0 spiro atoms. The fraction of sp³-hybridized carbons (Fsp3) is 1.00. The Morgan fingerprint density at radius 1 is 1.10 bits per heavy atom. The second-order valence-corrected chi connectivity index (χ2v) is 5.91. The molecule has 21 heavy (non-hydrogen) atoms. The highest BCUT2D eigenvalue weighted by Crippen LogP contribution is 2.52. The molecule has 0 saturated carbocycles. The van der Waals surface area contributed by atoms with Gasteiger partial charge in [-0.1, -0.05) is 0 Å². The molecule has 2 unspecified atom stereocenters. The van der Waals surface area contributed by atoms with Crippen LogP contribution in [0.1, 0.15) is 25.7 Å². The minimum Gasteiger partial charge on any atom is -0.302 e. The van der Waals surface area contributed by atoms with E-state index in [0.717, 1.165) is 0 Å². The van der Waals surface area contributed by atoms with E-state index in [9.17, 15) is 35.3 Å². The van der Waals surface area contributed by atoms with E-state index in [1.54, 1.807) is 0 Å². The van der Waals surface area contributed by atoms with Crippen LogP contribution in [-0.2, 0) is 13.6 Å². The Kier molecular flexibility index (Phi) is 5.35. The van der Waals surface area contributed by atoms with Crippen LogP contribution >= 0.6 is 7.82 Å². The predicted molar refractivity (Wildman–Crippen MR) is 55.1 cm³/mol. The van der Waals surface area contributed by atoms with Crippen molar-refractivity contribution in [2.24, 2.45) is 0 Å². The van der Waals surface area contributed by atoms with Gasteiger partial charge in [-0.15, -0.1) is 0 Å². The molecule has 1 aliphatic heterocycles. The SMILES string of the molecule is O=P1(O)OCCCCC(CC(F)(F)C(F)(F)C(F)(F)F)O1. The van der Waals surface area contributed by atoms with Gasteiger partial charge in [-0.05, 0) is 19.3 Å². The number of hydrogen-bond donors (Lipinski definition) is 1. The first kappa shape index (κ1) is 18.7. The molecule has 0 radical (unpaired) electrons. The van der Waals surface area contributed by atoms with Crippen LogP contribution in [0.5, 0.6) is 0 Å². The Hall–Kier alpha value is -0.380. The van der Waals surface area contributed by atoms with Crippen molar-refractivity contribution in [2.45, 2.75) is 49.8 Å². The molecule has 0 aromatic rings. The zero-order valence-electron chi connectivity index (χ0n) is 10.4. The quantitative estimate of drug-likeness (QED) is 0.621. The summed E-state index contributed by atoms with van der Waals surface area (Å²) >= 11 is 0. The maximum Gasteiger partial charge on any atom is 0.472 e. The summed E-state index contributed by atoms with van der Waals surface area (Å²) in [6, 6.07) is 0. The lowest BCUT2D eigenvalue weighted by Crippen LogP contribution is -2.53. The maximum atomic E-state index is 13.2. The molecule has 1 N–H and O–H groups in total. The molecule has 0 amide bonds. The predicted octanol–water partition coefficient (Wildman–Crippen LogP) is 3.90. The van der Waals surface area contributed by atoms with Gasteiger partial charge >= 0.3 is 25.8 Å². The van der Waals surface area contributed by atoms with Gasteiger partial charge in [0.1, 0.15) is 0 Å². The third-order valence-electron chi connectivity index (χ3n) is 2.76. The smallest absolute Gasteiger partial charge is 0.302 e. The van der Waals surface area contributed by atoms with E-state index in [1.807, 2.05) is 0 Å². The first-order valence-electron chi connectivity index (χ1n) is 5.77. The van der Waals surface area contributed by atoms with Gasteiger partial charge in [-0.3, -0.25) is 9.05 Å². The summed E-state index contributed by atoms with van der Waals surface area (Å²) in [6.07, 6.45) is -10.5. The number of hydrogen-bond acceptors (Lipinski definition) is 3. The molecule has 12 heteroatoms. The van der Waals surface area contributed by atoms with Gasteiger partial charge in [0, 0.05) is 6.42 Å². The van der Waals surface area contributed by atoms with Crippen LogP contribution in [0.4, 0.5) is 30.7 Å². The average molecular weight is 348 g/mol. The summed E-state index contributed by atoms with van der Waals surface area (Å²) in [5.74, 6) is -11.7. The van der Waals surface area contributed by atoms with Crippen molar-refractivity contribution in [3.8, 4) is 0 Å². The highest BCUT2D eigenvalue weighted by atomic mass is 31.2. The second-order valence-electron chi connectivity index (χ2n) is 4.51. The zero-order valence-corrected chi connectivity index (χ0v) is 11.3. The van der Waals surface area contributed by atoms with Gasteiger partial charge in [0.25, 0.3) is 0 Å². The standard InChI is InChI=1S/C9H12F7O4P/c10-7(11,8(12,13)9(14,15)16)5-6-3-1-2-4-19-21(17,18)20-6/h6H,1-5H2,(H,17,18). The van der Waals surface area contributed by atoms with E-state index in [1.165, 1.54) is 0 Å². The molecule has 0 aromatic carbocycles. The van der Waals surface area contributed by atoms with Gasteiger partial charge in [-0.2, -0.15) is 30.7 Å². The summed E-state index contributed by atoms with van der Waals surface area (Å²) in [7, 11) is -4.75. The fourth-order valence-corrected chi connectivity index (χ4v) is 2.66. The number of alkyl halides is 7. The van der Waals surface area contributed by atoms with E-state index in [4.69, 9.17) is 4.89 Å². The summed E-state index contributed by atoms with van der Waals surface area (Å²) in [6.45, 7) is -0.213.